The quantitative estimate of drug-likeness (QED) is 0.393. The van der Waals surface area contributed by atoms with Crippen LogP contribution < -0.4 is 5.48 Å². The van der Waals surface area contributed by atoms with Crippen molar-refractivity contribution in [2.24, 2.45) is 17.8 Å². The second-order valence-electron chi connectivity index (χ2n) is 8.57. The van der Waals surface area contributed by atoms with Crippen LogP contribution >= 0.6 is 23.2 Å². The lowest BCUT2D eigenvalue weighted by atomic mass is 9.83. The number of carbonyl (C=O) groups is 2. The van der Waals surface area contributed by atoms with Gasteiger partial charge >= 0.3 is 0 Å². The van der Waals surface area contributed by atoms with Crippen molar-refractivity contribution in [1.29, 1.82) is 0 Å². The Balaban J connectivity index is 2.35. The van der Waals surface area contributed by atoms with Crippen LogP contribution in [0.15, 0.2) is 23.1 Å². The van der Waals surface area contributed by atoms with E-state index in [9.17, 15) is 23.2 Å². The maximum absolute atomic E-state index is 13.3. The molecule has 0 aromatic heterocycles. The van der Waals surface area contributed by atoms with Gasteiger partial charge in [0.15, 0.2) is 0 Å². The van der Waals surface area contributed by atoms with Crippen molar-refractivity contribution in [3.05, 3.63) is 28.2 Å². The van der Waals surface area contributed by atoms with Crippen LogP contribution in [-0.4, -0.2) is 61.3 Å². The van der Waals surface area contributed by atoms with E-state index in [-0.39, 0.29) is 33.3 Å². The Morgan fingerprint density at radius 3 is 2.28 bits per heavy atom. The normalized spacial score (nSPS) is 16.8. The Hall–Kier alpha value is -1.39. The van der Waals surface area contributed by atoms with E-state index in [1.165, 1.54) is 25.2 Å². The SMILES string of the molecule is CC(C)C[C@@H](C(=O)N1CCCCC1)[C@H](CN(C)S(=O)(=O)c1ccc(Cl)c(Cl)c1)C(=O)NO. The maximum Gasteiger partial charge on any atom is 0.248 e. The first-order valence-corrected chi connectivity index (χ1v) is 12.8. The van der Waals surface area contributed by atoms with Crippen molar-refractivity contribution in [2.45, 2.75) is 44.4 Å². The van der Waals surface area contributed by atoms with Crippen LogP contribution in [0.3, 0.4) is 0 Å². The van der Waals surface area contributed by atoms with E-state index in [0.717, 1.165) is 23.6 Å². The number of hydrogen-bond acceptors (Lipinski definition) is 5. The largest absolute Gasteiger partial charge is 0.342 e. The van der Waals surface area contributed by atoms with Crippen molar-refractivity contribution >= 4 is 45.0 Å². The predicted octanol–water partition coefficient (Wildman–Crippen LogP) is 3.41. The summed E-state index contributed by atoms with van der Waals surface area (Å²) in [5.74, 6) is -2.74. The summed E-state index contributed by atoms with van der Waals surface area (Å²) in [6.45, 7) is 4.80. The highest BCUT2D eigenvalue weighted by Gasteiger charge is 2.39. The van der Waals surface area contributed by atoms with Gasteiger partial charge in [0.05, 0.1) is 26.8 Å². The van der Waals surface area contributed by atoms with E-state index >= 15 is 0 Å². The van der Waals surface area contributed by atoms with Crippen LogP contribution in [0.5, 0.6) is 0 Å². The molecule has 1 aliphatic rings. The Labute approximate surface area is 199 Å². The van der Waals surface area contributed by atoms with Crippen molar-refractivity contribution < 1.29 is 23.2 Å². The smallest absolute Gasteiger partial charge is 0.248 e. The van der Waals surface area contributed by atoms with Crippen LogP contribution in [0, 0.1) is 17.8 Å². The van der Waals surface area contributed by atoms with E-state index in [0.29, 0.717) is 19.5 Å². The number of nitrogens with one attached hydrogen (secondary N) is 1. The number of halogens is 2. The zero-order valence-corrected chi connectivity index (χ0v) is 20.9. The fraction of sp³-hybridized carbons (Fsp3) is 0.619. The Morgan fingerprint density at radius 2 is 1.75 bits per heavy atom. The van der Waals surface area contributed by atoms with Gasteiger partial charge in [0.2, 0.25) is 21.8 Å². The number of benzene rings is 1. The predicted molar refractivity (Wildman–Crippen MR) is 123 cm³/mol. The summed E-state index contributed by atoms with van der Waals surface area (Å²) >= 11 is 11.9. The number of hydroxylamine groups is 1. The number of nitrogens with zero attached hydrogens (tertiary/aromatic N) is 2. The lowest BCUT2D eigenvalue weighted by Gasteiger charge is -2.35. The van der Waals surface area contributed by atoms with Crippen molar-refractivity contribution in [2.75, 3.05) is 26.7 Å². The number of hydrogen-bond donors (Lipinski definition) is 2. The molecule has 180 valence electrons. The van der Waals surface area contributed by atoms with Gasteiger partial charge < -0.3 is 4.90 Å². The second-order valence-corrected chi connectivity index (χ2v) is 11.4. The summed E-state index contributed by atoms with van der Waals surface area (Å²) in [5.41, 5.74) is 1.62. The molecule has 1 aliphatic heterocycles. The molecule has 0 aliphatic carbocycles. The average molecular weight is 508 g/mol. The fourth-order valence-corrected chi connectivity index (χ4v) is 5.55. The minimum Gasteiger partial charge on any atom is -0.342 e. The summed E-state index contributed by atoms with van der Waals surface area (Å²) in [4.78, 5) is 27.6. The number of sulfonamides is 1. The molecule has 0 radical (unpaired) electrons. The fourth-order valence-electron chi connectivity index (χ4n) is 3.96. The zero-order chi connectivity index (χ0) is 24.1. The Kier molecular flexibility index (Phi) is 9.78. The van der Waals surface area contributed by atoms with Crippen LogP contribution in [0.25, 0.3) is 0 Å². The van der Waals surface area contributed by atoms with Gasteiger partial charge in [-0.1, -0.05) is 37.0 Å². The molecule has 0 unspecified atom stereocenters. The van der Waals surface area contributed by atoms with E-state index in [1.807, 2.05) is 13.8 Å². The number of amides is 2. The van der Waals surface area contributed by atoms with E-state index in [2.05, 4.69) is 0 Å². The van der Waals surface area contributed by atoms with Crippen LogP contribution in [0.4, 0.5) is 0 Å². The second kappa shape index (κ2) is 11.7. The van der Waals surface area contributed by atoms with Gasteiger partial charge in [-0.3, -0.25) is 14.8 Å². The Morgan fingerprint density at radius 1 is 1.12 bits per heavy atom. The molecule has 2 N–H and O–H groups in total. The molecular formula is C21H31Cl2N3O5S. The van der Waals surface area contributed by atoms with E-state index < -0.39 is 27.8 Å². The molecule has 2 atom stereocenters. The maximum atomic E-state index is 13.3. The van der Waals surface area contributed by atoms with Gasteiger partial charge in [-0.25, -0.2) is 18.2 Å². The number of rotatable bonds is 9. The molecule has 1 aromatic rings. The third-order valence-electron chi connectivity index (χ3n) is 5.70. The summed E-state index contributed by atoms with van der Waals surface area (Å²) in [5, 5.41) is 9.66. The van der Waals surface area contributed by atoms with E-state index in [4.69, 9.17) is 23.2 Å². The zero-order valence-electron chi connectivity index (χ0n) is 18.6. The number of piperidine rings is 1. The number of carbonyl (C=O) groups excluding carboxylic acids is 2. The molecule has 8 nitrogen and oxygen atoms in total. The molecule has 32 heavy (non-hydrogen) atoms. The molecular weight excluding hydrogens is 477 g/mol. The summed E-state index contributed by atoms with van der Waals surface area (Å²) < 4.78 is 27.2. The van der Waals surface area contributed by atoms with Crippen LogP contribution in [-0.2, 0) is 19.6 Å². The highest BCUT2D eigenvalue weighted by molar-refractivity contribution is 7.89. The first kappa shape index (κ1) is 26.9. The molecule has 2 amide bonds. The number of likely N-dealkylation sites (tertiary alicyclic amines) is 1. The molecule has 2 rings (SSSR count). The highest BCUT2D eigenvalue weighted by atomic mass is 35.5. The highest BCUT2D eigenvalue weighted by Crippen LogP contribution is 2.29. The lowest BCUT2D eigenvalue weighted by Crippen LogP contribution is -2.49. The Bertz CT molecular complexity index is 920. The summed E-state index contributed by atoms with van der Waals surface area (Å²) in [6, 6.07) is 3.94. The molecule has 1 aromatic carbocycles. The van der Waals surface area contributed by atoms with Gasteiger partial charge in [0.25, 0.3) is 0 Å². The van der Waals surface area contributed by atoms with E-state index in [1.54, 1.807) is 10.4 Å². The third kappa shape index (κ3) is 6.57. The summed E-state index contributed by atoms with van der Waals surface area (Å²) in [7, 11) is -2.70. The molecule has 1 fully saturated rings. The summed E-state index contributed by atoms with van der Waals surface area (Å²) in [6.07, 6.45) is 3.21. The standard InChI is InChI=1S/C21H31Cl2N3O5S/c1-14(2)11-16(21(28)26-9-5-4-6-10-26)17(20(27)24-29)13-25(3)32(30,31)15-7-8-18(22)19(23)12-15/h7-8,12,14,16-17,29H,4-6,9-11,13H2,1-3H3,(H,24,27)/t16-,17+/m1/s1. The van der Waals surface area contributed by atoms with Gasteiger partial charge in [-0.15, -0.1) is 0 Å². The molecule has 1 heterocycles. The molecule has 0 bridgehead atoms. The molecule has 0 spiro atoms. The minimum absolute atomic E-state index is 0.0830. The topological polar surface area (TPSA) is 107 Å². The van der Waals surface area contributed by atoms with Crippen molar-refractivity contribution in [3.8, 4) is 0 Å². The molecule has 1 saturated heterocycles. The van der Waals surface area contributed by atoms with Crippen molar-refractivity contribution in [1.82, 2.24) is 14.7 Å². The third-order valence-corrected chi connectivity index (χ3v) is 8.25. The first-order chi connectivity index (χ1) is 15.0. The van der Waals surface area contributed by atoms with Gasteiger partial charge in [0, 0.05) is 26.7 Å². The first-order valence-electron chi connectivity index (χ1n) is 10.6. The lowest BCUT2D eigenvalue weighted by molar-refractivity contribution is -0.146. The van der Waals surface area contributed by atoms with Gasteiger partial charge in [-0.05, 0) is 49.8 Å². The van der Waals surface area contributed by atoms with Gasteiger partial charge in [0.1, 0.15) is 0 Å². The molecule has 11 heteroatoms. The monoisotopic (exact) mass is 507 g/mol. The average Bonchev–Trinajstić information content (AvgIpc) is 2.77. The van der Waals surface area contributed by atoms with Crippen molar-refractivity contribution in [3.63, 3.8) is 0 Å². The van der Waals surface area contributed by atoms with Crippen LogP contribution in [0.1, 0.15) is 39.5 Å². The molecule has 0 saturated carbocycles. The minimum atomic E-state index is -4.02. The van der Waals surface area contributed by atoms with Gasteiger partial charge in [-0.2, -0.15) is 0 Å². The van der Waals surface area contributed by atoms with Crippen LogP contribution in [0.2, 0.25) is 10.0 Å².